The van der Waals surface area contributed by atoms with Crippen molar-refractivity contribution in [1.29, 1.82) is 0 Å². The molecule has 2 heteroatoms. The summed E-state index contributed by atoms with van der Waals surface area (Å²) in [5, 5.41) is 13.0. The Morgan fingerprint density at radius 1 is 0.625 bits per heavy atom. The van der Waals surface area contributed by atoms with Crippen LogP contribution < -0.4 is 0 Å². The number of nitrogens with zero attached hydrogens (tertiary/aromatic N) is 1. The van der Waals surface area contributed by atoms with Crippen LogP contribution in [0.5, 0.6) is 0 Å². The molecule has 2 nitrogen and oxygen atoms in total. The molecule has 122 valence electrons. The standard InChI is InChI=1S/C22H23NO/c24-23(21-11-13-9-19(21)17-7-3-1-5-15(13)17)22-12-14-10-20(22)18-8-4-2-6-16(14)18/h1-8,13-14,19-22,24H,9-12H2. The first-order chi connectivity index (χ1) is 11.8. The normalized spacial score (nSPS) is 37.9. The molecule has 6 rings (SSSR count). The Balaban J connectivity index is 1.31. The van der Waals surface area contributed by atoms with Crippen molar-refractivity contribution >= 4 is 0 Å². The molecule has 0 aromatic heterocycles. The van der Waals surface area contributed by atoms with Crippen molar-refractivity contribution in [2.45, 2.75) is 61.4 Å². The van der Waals surface area contributed by atoms with Gasteiger partial charge in [-0.1, -0.05) is 48.5 Å². The second-order valence-electron chi connectivity index (χ2n) is 8.32. The zero-order valence-electron chi connectivity index (χ0n) is 13.8. The van der Waals surface area contributed by atoms with E-state index in [0.29, 0.717) is 35.8 Å². The quantitative estimate of drug-likeness (QED) is 0.807. The van der Waals surface area contributed by atoms with Crippen LogP contribution in [0.3, 0.4) is 0 Å². The first-order valence-corrected chi connectivity index (χ1v) is 9.46. The lowest BCUT2D eigenvalue weighted by Gasteiger charge is -2.38. The van der Waals surface area contributed by atoms with Gasteiger partial charge < -0.3 is 5.21 Å². The maximum Gasteiger partial charge on any atom is 0.0428 e. The maximum absolute atomic E-state index is 11.2. The summed E-state index contributed by atoms with van der Waals surface area (Å²) in [7, 11) is 0. The molecule has 0 saturated heterocycles. The molecule has 2 saturated carbocycles. The number of rotatable bonds is 2. The van der Waals surface area contributed by atoms with Crippen LogP contribution in [0.15, 0.2) is 48.5 Å². The van der Waals surface area contributed by atoms with E-state index >= 15 is 0 Å². The van der Waals surface area contributed by atoms with E-state index in [1.54, 1.807) is 16.2 Å². The Labute approximate surface area is 143 Å². The second-order valence-corrected chi connectivity index (χ2v) is 8.32. The molecule has 0 spiro atoms. The fourth-order valence-corrected chi connectivity index (χ4v) is 6.48. The molecular formula is C22H23NO. The molecule has 0 aliphatic heterocycles. The summed E-state index contributed by atoms with van der Waals surface area (Å²) in [5.41, 5.74) is 6.10. The fourth-order valence-electron chi connectivity index (χ4n) is 6.48. The van der Waals surface area contributed by atoms with Crippen LogP contribution in [0.2, 0.25) is 0 Å². The minimum absolute atomic E-state index is 0.321. The van der Waals surface area contributed by atoms with Crippen LogP contribution >= 0.6 is 0 Å². The van der Waals surface area contributed by atoms with E-state index in [2.05, 4.69) is 48.5 Å². The predicted molar refractivity (Wildman–Crippen MR) is 93.5 cm³/mol. The Bertz CT molecular complexity index is 748. The van der Waals surface area contributed by atoms with Gasteiger partial charge >= 0.3 is 0 Å². The van der Waals surface area contributed by atoms with E-state index in [1.165, 1.54) is 24.0 Å². The number of benzene rings is 2. The van der Waals surface area contributed by atoms with Crippen LogP contribution in [-0.4, -0.2) is 22.4 Å². The van der Waals surface area contributed by atoms with Gasteiger partial charge in [0.1, 0.15) is 0 Å². The molecule has 0 heterocycles. The molecule has 2 aromatic rings. The van der Waals surface area contributed by atoms with Crippen LogP contribution in [0.25, 0.3) is 0 Å². The molecule has 2 fully saturated rings. The highest BCUT2D eigenvalue weighted by molar-refractivity contribution is 5.45. The van der Waals surface area contributed by atoms with Crippen molar-refractivity contribution in [1.82, 2.24) is 5.06 Å². The van der Waals surface area contributed by atoms with E-state index in [-0.39, 0.29) is 0 Å². The number of hydrogen-bond donors (Lipinski definition) is 1. The first-order valence-electron chi connectivity index (χ1n) is 9.46. The monoisotopic (exact) mass is 317 g/mol. The molecule has 6 atom stereocenters. The average molecular weight is 317 g/mol. The molecule has 4 aliphatic rings. The van der Waals surface area contributed by atoms with E-state index in [4.69, 9.17) is 0 Å². The van der Waals surface area contributed by atoms with E-state index in [9.17, 15) is 5.21 Å². The Morgan fingerprint density at radius 3 is 1.50 bits per heavy atom. The van der Waals surface area contributed by atoms with E-state index < -0.39 is 0 Å². The van der Waals surface area contributed by atoms with Crippen molar-refractivity contribution in [3.05, 3.63) is 70.8 Å². The Kier molecular flexibility index (Phi) is 2.67. The highest BCUT2D eigenvalue weighted by atomic mass is 16.5. The molecule has 2 aromatic carbocycles. The van der Waals surface area contributed by atoms with Crippen LogP contribution in [0.4, 0.5) is 0 Å². The lowest BCUT2D eigenvalue weighted by atomic mass is 9.84. The van der Waals surface area contributed by atoms with Crippen molar-refractivity contribution in [3.63, 3.8) is 0 Å². The van der Waals surface area contributed by atoms with Crippen LogP contribution in [0, 0.1) is 0 Å². The minimum Gasteiger partial charge on any atom is -0.313 e. The summed E-state index contributed by atoms with van der Waals surface area (Å²) in [5.74, 6) is 2.39. The number of hydrogen-bond acceptors (Lipinski definition) is 2. The van der Waals surface area contributed by atoms with Crippen molar-refractivity contribution < 1.29 is 5.21 Å². The third kappa shape index (κ3) is 1.63. The first kappa shape index (κ1) is 13.6. The second kappa shape index (κ2) is 4.71. The van der Waals surface area contributed by atoms with Gasteiger partial charge in [-0.3, -0.25) is 0 Å². The largest absolute Gasteiger partial charge is 0.313 e. The SMILES string of the molecule is ON(C1CC2CC1c1ccccc12)C1CC2CC1c1ccccc12. The summed E-state index contributed by atoms with van der Waals surface area (Å²) in [6.45, 7) is 0. The van der Waals surface area contributed by atoms with Gasteiger partial charge in [-0.25, -0.2) is 0 Å². The Hall–Kier alpha value is -1.64. The molecule has 4 aliphatic carbocycles. The highest BCUT2D eigenvalue weighted by Gasteiger charge is 2.52. The van der Waals surface area contributed by atoms with Crippen LogP contribution in [0.1, 0.15) is 71.6 Å². The molecular weight excluding hydrogens is 294 g/mol. The summed E-state index contributed by atoms with van der Waals surface area (Å²) in [6.07, 6.45) is 4.73. The van der Waals surface area contributed by atoms with Gasteiger partial charge in [0.2, 0.25) is 0 Å². The van der Waals surface area contributed by atoms with E-state index in [1.807, 2.05) is 0 Å². The Morgan fingerprint density at radius 2 is 1.04 bits per heavy atom. The molecule has 0 radical (unpaired) electrons. The topological polar surface area (TPSA) is 23.5 Å². The average Bonchev–Trinajstić information content (AvgIpc) is 3.40. The highest BCUT2D eigenvalue weighted by Crippen LogP contribution is 2.58. The summed E-state index contributed by atoms with van der Waals surface area (Å²) in [6, 6.07) is 18.5. The van der Waals surface area contributed by atoms with Crippen molar-refractivity contribution in [2.75, 3.05) is 0 Å². The molecule has 1 N–H and O–H groups in total. The minimum atomic E-state index is 0.321. The van der Waals surface area contributed by atoms with Crippen LogP contribution in [-0.2, 0) is 0 Å². The fraction of sp³-hybridized carbons (Fsp3) is 0.455. The third-order valence-corrected chi connectivity index (χ3v) is 7.41. The van der Waals surface area contributed by atoms with Crippen molar-refractivity contribution in [2.24, 2.45) is 0 Å². The van der Waals surface area contributed by atoms with Gasteiger partial charge in [0.05, 0.1) is 0 Å². The lowest BCUT2D eigenvalue weighted by molar-refractivity contribution is -0.166. The zero-order valence-corrected chi connectivity index (χ0v) is 13.8. The van der Waals surface area contributed by atoms with Gasteiger partial charge in [-0.15, -0.1) is 0 Å². The molecule has 6 unspecified atom stereocenters. The zero-order chi connectivity index (χ0) is 15.8. The summed E-state index contributed by atoms with van der Waals surface area (Å²) in [4.78, 5) is 0. The predicted octanol–water partition coefficient (Wildman–Crippen LogP) is 4.76. The van der Waals surface area contributed by atoms with Gasteiger partial charge in [0.15, 0.2) is 0 Å². The lowest BCUT2D eigenvalue weighted by Crippen LogP contribution is -2.44. The van der Waals surface area contributed by atoms with Crippen molar-refractivity contribution in [3.8, 4) is 0 Å². The number of hydroxylamine groups is 2. The maximum atomic E-state index is 11.2. The summed E-state index contributed by atoms with van der Waals surface area (Å²) < 4.78 is 0. The van der Waals surface area contributed by atoms with E-state index in [0.717, 1.165) is 12.8 Å². The van der Waals surface area contributed by atoms with Gasteiger partial charge in [-0.05, 0) is 59.8 Å². The number of fused-ring (bicyclic) bond motifs is 10. The third-order valence-electron chi connectivity index (χ3n) is 7.41. The smallest absolute Gasteiger partial charge is 0.0428 e. The molecule has 24 heavy (non-hydrogen) atoms. The molecule has 0 amide bonds. The van der Waals surface area contributed by atoms with Gasteiger partial charge in [0, 0.05) is 23.9 Å². The van der Waals surface area contributed by atoms with Gasteiger partial charge in [-0.2, -0.15) is 5.06 Å². The summed E-state index contributed by atoms with van der Waals surface area (Å²) >= 11 is 0. The van der Waals surface area contributed by atoms with Gasteiger partial charge in [0.25, 0.3) is 0 Å². The molecule has 4 bridgehead atoms.